The molecule has 1 aliphatic heterocycles. The van der Waals surface area contributed by atoms with Crippen LogP contribution in [0.5, 0.6) is 0 Å². The summed E-state index contributed by atoms with van der Waals surface area (Å²) >= 11 is 0. The summed E-state index contributed by atoms with van der Waals surface area (Å²) in [4.78, 5) is 18.6. The van der Waals surface area contributed by atoms with Crippen LogP contribution >= 0.6 is 24.8 Å². The highest BCUT2D eigenvalue weighted by Crippen LogP contribution is 2.18. The lowest BCUT2D eigenvalue weighted by molar-refractivity contribution is 0.0684. The maximum atomic E-state index is 12.3. The van der Waals surface area contributed by atoms with Crippen molar-refractivity contribution in [1.82, 2.24) is 15.2 Å². The normalized spacial score (nSPS) is 15.0. The summed E-state index contributed by atoms with van der Waals surface area (Å²) in [7, 11) is 0. The van der Waals surface area contributed by atoms with E-state index in [2.05, 4.69) is 17.2 Å². The van der Waals surface area contributed by atoms with Crippen molar-refractivity contribution in [3.63, 3.8) is 0 Å². The van der Waals surface area contributed by atoms with Crippen LogP contribution in [0.3, 0.4) is 0 Å². The standard InChI is InChI=1S/C15H23N3O.2ClH/c1-3-16-11-13-7-9-18(10-8-13)15(19)14-6-4-5-12(2)17-14;;/h4-6,13,16H,3,7-11H2,1-2H3;2*1H. The first-order valence-electron chi connectivity index (χ1n) is 7.14. The van der Waals surface area contributed by atoms with Gasteiger partial charge in [-0.05, 0) is 50.9 Å². The zero-order valence-corrected chi connectivity index (χ0v) is 14.3. The first-order chi connectivity index (χ1) is 9.20. The fraction of sp³-hybridized carbons (Fsp3) is 0.600. The molecule has 1 aromatic rings. The molecular weight excluding hydrogens is 309 g/mol. The van der Waals surface area contributed by atoms with Crippen molar-refractivity contribution in [2.24, 2.45) is 5.92 Å². The number of hydrogen-bond donors (Lipinski definition) is 1. The van der Waals surface area contributed by atoms with Crippen molar-refractivity contribution in [3.05, 3.63) is 29.6 Å². The van der Waals surface area contributed by atoms with E-state index in [0.29, 0.717) is 11.6 Å². The van der Waals surface area contributed by atoms with Crippen LogP contribution in [0.4, 0.5) is 0 Å². The molecular formula is C15H25Cl2N3O. The molecule has 4 nitrogen and oxygen atoms in total. The number of nitrogens with one attached hydrogen (secondary N) is 1. The molecule has 21 heavy (non-hydrogen) atoms. The van der Waals surface area contributed by atoms with Gasteiger partial charge in [-0.2, -0.15) is 0 Å². The first kappa shape index (κ1) is 20.2. The van der Waals surface area contributed by atoms with Crippen LogP contribution < -0.4 is 5.32 Å². The fourth-order valence-electron chi connectivity index (χ4n) is 2.51. The van der Waals surface area contributed by atoms with Gasteiger partial charge in [0, 0.05) is 18.8 Å². The molecule has 1 saturated heterocycles. The Hall–Kier alpha value is -0.840. The first-order valence-corrected chi connectivity index (χ1v) is 7.14. The minimum absolute atomic E-state index is 0. The van der Waals surface area contributed by atoms with Crippen molar-refractivity contribution < 1.29 is 4.79 Å². The van der Waals surface area contributed by atoms with Gasteiger partial charge in [-0.1, -0.05) is 13.0 Å². The molecule has 2 heterocycles. The Labute approximate surface area is 139 Å². The predicted molar refractivity (Wildman–Crippen MR) is 90.6 cm³/mol. The Morgan fingerprint density at radius 1 is 1.33 bits per heavy atom. The van der Waals surface area contributed by atoms with E-state index in [1.54, 1.807) is 6.07 Å². The van der Waals surface area contributed by atoms with E-state index < -0.39 is 0 Å². The number of rotatable bonds is 4. The number of halogens is 2. The summed E-state index contributed by atoms with van der Waals surface area (Å²) in [6.45, 7) is 7.84. The van der Waals surface area contributed by atoms with Crippen LogP contribution in [-0.4, -0.2) is 42.0 Å². The van der Waals surface area contributed by atoms with Gasteiger partial charge in [0.1, 0.15) is 5.69 Å². The third-order valence-electron chi connectivity index (χ3n) is 3.69. The maximum absolute atomic E-state index is 12.3. The number of likely N-dealkylation sites (tertiary alicyclic amines) is 1. The van der Waals surface area contributed by atoms with Crippen LogP contribution in [-0.2, 0) is 0 Å². The smallest absolute Gasteiger partial charge is 0.272 e. The molecule has 0 spiro atoms. The van der Waals surface area contributed by atoms with Crippen molar-refractivity contribution in [2.75, 3.05) is 26.2 Å². The Morgan fingerprint density at radius 2 is 2.00 bits per heavy atom. The highest BCUT2D eigenvalue weighted by atomic mass is 35.5. The van der Waals surface area contributed by atoms with E-state index in [1.807, 2.05) is 24.0 Å². The lowest BCUT2D eigenvalue weighted by Gasteiger charge is -2.32. The molecule has 120 valence electrons. The summed E-state index contributed by atoms with van der Waals surface area (Å²) < 4.78 is 0. The second-order valence-corrected chi connectivity index (χ2v) is 5.21. The highest BCUT2D eigenvalue weighted by Gasteiger charge is 2.23. The quantitative estimate of drug-likeness (QED) is 0.921. The molecule has 1 aromatic heterocycles. The topological polar surface area (TPSA) is 45.2 Å². The molecule has 0 aromatic carbocycles. The number of carbonyl (C=O) groups excluding carboxylic acids is 1. The monoisotopic (exact) mass is 333 g/mol. The Morgan fingerprint density at radius 3 is 2.57 bits per heavy atom. The number of piperidine rings is 1. The molecule has 1 fully saturated rings. The number of nitrogens with zero attached hydrogens (tertiary/aromatic N) is 2. The molecule has 0 aliphatic carbocycles. The van der Waals surface area contributed by atoms with Gasteiger partial charge in [-0.25, -0.2) is 4.98 Å². The molecule has 0 atom stereocenters. The van der Waals surface area contributed by atoms with Crippen LogP contribution in [0.2, 0.25) is 0 Å². The van der Waals surface area contributed by atoms with Gasteiger partial charge in [0.25, 0.3) is 5.91 Å². The van der Waals surface area contributed by atoms with E-state index >= 15 is 0 Å². The zero-order valence-electron chi connectivity index (χ0n) is 12.7. The number of pyridine rings is 1. The van der Waals surface area contributed by atoms with E-state index in [-0.39, 0.29) is 30.7 Å². The second-order valence-electron chi connectivity index (χ2n) is 5.21. The van der Waals surface area contributed by atoms with Gasteiger partial charge in [0.15, 0.2) is 0 Å². The minimum atomic E-state index is 0. The SMILES string of the molecule is CCNCC1CCN(C(=O)c2cccc(C)n2)CC1.Cl.Cl. The molecule has 1 N–H and O–H groups in total. The number of amides is 1. The number of carbonyl (C=O) groups is 1. The molecule has 6 heteroatoms. The summed E-state index contributed by atoms with van der Waals surface area (Å²) in [5.74, 6) is 0.778. The lowest BCUT2D eigenvalue weighted by atomic mass is 9.96. The van der Waals surface area contributed by atoms with Gasteiger partial charge in [0.05, 0.1) is 0 Å². The molecule has 0 bridgehead atoms. The van der Waals surface area contributed by atoms with E-state index in [9.17, 15) is 4.79 Å². The Balaban J connectivity index is 0.00000200. The molecule has 1 aliphatic rings. The summed E-state index contributed by atoms with van der Waals surface area (Å²) in [5.41, 5.74) is 1.47. The number of hydrogen-bond acceptors (Lipinski definition) is 3. The molecule has 0 saturated carbocycles. The third kappa shape index (κ3) is 5.81. The van der Waals surface area contributed by atoms with Crippen molar-refractivity contribution in [1.29, 1.82) is 0 Å². The summed E-state index contributed by atoms with van der Waals surface area (Å²) in [6, 6.07) is 5.62. The van der Waals surface area contributed by atoms with E-state index in [1.165, 1.54) is 0 Å². The van der Waals surface area contributed by atoms with Crippen LogP contribution in [0, 0.1) is 12.8 Å². The van der Waals surface area contributed by atoms with Crippen LogP contribution in [0.25, 0.3) is 0 Å². The highest BCUT2D eigenvalue weighted by molar-refractivity contribution is 5.92. The van der Waals surface area contributed by atoms with Crippen molar-refractivity contribution >= 4 is 30.7 Å². The van der Waals surface area contributed by atoms with Gasteiger partial charge in [-0.15, -0.1) is 24.8 Å². The Bertz CT molecular complexity index is 435. The average molecular weight is 334 g/mol. The Kier molecular flexibility index (Phi) is 9.58. The number of aromatic nitrogens is 1. The van der Waals surface area contributed by atoms with Gasteiger partial charge in [0.2, 0.25) is 0 Å². The summed E-state index contributed by atoms with van der Waals surface area (Å²) in [6.07, 6.45) is 2.18. The van der Waals surface area contributed by atoms with E-state index in [0.717, 1.165) is 44.7 Å². The van der Waals surface area contributed by atoms with Gasteiger partial charge < -0.3 is 10.2 Å². The van der Waals surface area contributed by atoms with Crippen LogP contribution in [0.15, 0.2) is 18.2 Å². The fourth-order valence-corrected chi connectivity index (χ4v) is 2.51. The third-order valence-corrected chi connectivity index (χ3v) is 3.69. The van der Waals surface area contributed by atoms with Crippen molar-refractivity contribution in [3.8, 4) is 0 Å². The number of aryl methyl sites for hydroxylation is 1. The average Bonchev–Trinajstić information content (AvgIpc) is 2.45. The minimum Gasteiger partial charge on any atom is -0.337 e. The predicted octanol–water partition coefficient (Wildman–Crippen LogP) is 2.70. The largest absolute Gasteiger partial charge is 0.337 e. The molecule has 0 radical (unpaired) electrons. The van der Waals surface area contributed by atoms with Gasteiger partial charge >= 0.3 is 0 Å². The second kappa shape index (κ2) is 9.98. The maximum Gasteiger partial charge on any atom is 0.272 e. The lowest BCUT2D eigenvalue weighted by Crippen LogP contribution is -2.41. The molecule has 1 amide bonds. The van der Waals surface area contributed by atoms with E-state index in [4.69, 9.17) is 0 Å². The summed E-state index contributed by atoms with van der Waals surface area (Å²) in [5, 5.41) is 3.39. The zero-order chi connectivity index (χ0) is 13.7. The van der Waals surface area contributed by atoms with Crippen LogP contribution in [0.1, 0.15) is 35.9 Å². The van der Waals surface area contributed by atoms with Gasteiger partial charge in [-0.3, -0.25) is 4.79 Å². The van der Waals surface area contributed by atoms with Crippen molar-refractivity contribution in [2.45, 2.75) is 26.7 Å². The molecule has 0 unspecified atom stereocenters. The molecule has 2 rings (SSSR count).